The molecule has 2 rings (SSSR count). The van der Waals surface area contributed by atoms with Crippen molar-refractivity contribution in [2.75, 3.05) is 0 Å². The van der Waals surface area contributed by atoms with Gasteiger partial charge in [0.15, 0.2) is 0 Å². The molecule has 0 bridgehead atoms. The molecule has 0 unspecified atom stereocenters. The molecule has 0 aliphatic carbocycles. The van der Waals surface area contributed by atoms with Crippen LogP contribution >= 0.6 is 11.6 Å². The number of benzene rings is 2. The van der Waals surface area contributed by atoms with E-state index in [1.165, 1.54) is 24.3 Å². The van der Waals surface area contributed by atoms with Gasteiger partial charge >= 0.3 is 5.97 Å². The van der Waals surface area contributed by atoms with Crippen molar-refractivity contribution in [3.05, 3.63) is 64.2 Å². The third kappa shape index (κ3) is 3.05. The molecule has 20 heavy (non-hydrogen) atoms. The molecule has 0 radical (unpaired) electrons. The molecule has 0 aliphatic heterocycles. The van der Waals surface area contributed by atoms with Crippen LogP contribution in [0.25, 0.3) is 0 Å². The topological polar surface area (TPSA) is 46.5 Å². The standard InChI is InChI=1S/C14H9ClF2O3/c15-10-6-8(14(18)19)4-5-13(10)20-7-9-11(16)2-1-3-12(9)17/h1-6H,7H2,(H,18,19). The molecule has 6 heteroatoms. The van der Waals surface area contributed by atoms with E-state index in [0.29, 0.717) is 0 Å². The van der Waals surface area contributed by atoms with E-state index in [2.05, 4.69) is 0 Å². The molecular weight excluding hydrogens is 290 g/mol. The third-order valence-electron chi connectivity index (χ3n) is 2.61. The summed E-state index contributed by atoms with van der Waals surface area (Å²) in [4.78, 5) is 10.7. The Labute approximate surface area is 118 Å². The van der Waals surface area contributed by atoms with Gasteiger partial charge in [0.25, 0.3) is 0 Å². The smallest absolute Gasteiger partial charge is 0.335 e. The highest BCUT2D eigenvalue weighted by Gasteiger charge is 2.12. The monoisotopic (exact) mass is 298 g/mol. The van der Waals surface area contributed by atoms with Gasteiger partial charge in [0.1, 0.15) is 24.0 Å². The molecule has 0 saturated heterocycles. The summed E-state index contributed by atoms with van der Waals surface area (Å²) >= 11 is 5.84. The van der Waals surface area contributed by atoms with Gasteiger partial charge in [-0.3, -0.25) is 0 Å². The number of rotatable bonds is 4. The van der Waals surface area contributed by atoms with Gasteiger partial charge in [-0.25, -0.2) is 13.6 Å². The second-order valence-corrected chi connectivity index (χ2v) is 4.35. The minimum atomic E-state index is -1.13. The predicted molar refractivity (Wildman–Crippen MR) is 69.1 cm³/mol. The Morgan fingerprint density at radius 1 is 1.20 bits per heavy atom. The van der Waals surface area contributed by atoms with Gasteiger partial charge in [-0.15, -0.1) is 0 Å². The van der Waals surface area contributed by atoms with E-state index in [1.54, 1.807) is 0 Å². The summed E-state index contributed by atoms with van der Waals surface area (Å²) in [7, 11) is 0. The fourth-order valence-corrected chi connectivity index (χ4v) is 1.81. The van der Waals surface area contributed by atoms with E-state index < -0.39 is 17.6 Å². The first kappa shape index (κ1) is 14.3. The molecule has 0 aliphatic rings. The van der Waals surface area contributed by atoms with Crippen LogP contribution in [0.4, 0.5) is 8.78 Å². The minimum absolute atomic E-state index is 0.000535. The van der Waals surface area contributed by atoms with Crippen molar-refractivity contribution in [1.29, 1.82) is 0 Å². The van der Waals surface area contributed by atoms with Gasteiger partial charge in [-0.05, 0) is 30.3 Å². The maximum absolute atomic E-state index is 13.4. The van der Waals surface area contributed by atoms with E-state index >= 15 is 0 Å². The van der Waals surface area contributed by atoms with Crippen molar-refractivity contribution in [1.82, 2.24) is 0 Å². The van der Waals surface area contributed by atoms with Crippen LogP contribution in [0.15, 0.2) is 36.4 Å². The summed E-state index contributed by atoms with van der Waals surface area (Å²) < 4.78 is 32.0. The van der Waals surface area contributed by atoms with Crippen LogP contribution < -0.4 is 4.74 Å². The molecule has 2 aromatic rings. The van der Waals surface area contributed by atoms with Crippen molar-refractivity contribution in [3.63, 3.8) is 0 Å². The first-order valence-corrected chi connectivity index (χ1v) is 5.95. The Morgan fingerprint density at radius 2 is 1.85 bits per heavy atom. The van der Waals surface area contributed by atoms with Gasteiger partial charge < -0.3 is 9.84 Å². The lowest BCUT2D eigenvalue weighted by molar-refractivity contribution is 0.0697. The summed E-state index contributed by atoms with van der Waals surface area (Å²) in [6, 6.07) is 7.33. The zero-order valence-electron chi connectivity index (χ0n) is 10.1. The second-order valence-electron chi connectivity index (χ2n) is 3.94. The number of halogens is 3. The molecule has 0 fully saturated rings. The lowest BCUT2D eigenvalue weighted by Gasteiger charge is -2.10. The molecule has 104 valence electrons. The zero-order chi connectivity index (χ0) is 14.7. The van der Waals surface area contributed by atoms with Crippen LogP contribution in [0, 0.1) is 11.6 Å². The molecule has 0 aromatic heterocycles. The highest BCUT2D eigenvalue weighted by molar-refractivity contribution is 6.32. The fraction of sp³-hybridized carbons (Fsp3) is 0.0714. The summed E-state index contributed by atoms with van der Waals surface area (Å²) in [6.45, 7) is -0.343. The first-order valence-electron chi connectivity index (χ1n) is 5.57. The van der Waals surface area contributed by atoms with Crippen LogP contribution in [0.2, 0.25) is 5.02 Å². The van der Waals surface area contributed by atoms with Gasteiger partial charge in [-0.2, -0.15) is 0 Å². The molecule has 0 heterocycles. The van der Waals surface area contributed by atoms with E-state index in [-0.39, 0.29) is 28.5 Å². The molecule has 1 N–H and O–H groups in total. The Hall–Kier alpha value is -2.14. The predicted octanol–water partition coefficient (Wildman–Crippen LogP) is 3.90. The summed E-state index contributed by atoms with van der Waals surface area (Å²) in [5.74, 6) is -2.41. The highest BCUT2D eigenvalue weighted by atomic mass is 35.5. The van der Waals surface area contributed by atoms with E-state index in [9.17, 15) is 13.6 Å². The van der Waals surface area contributed by atoms with Crippen molar-refractivity contribution >= 4 is 17.6 Å². The summed E-state index contributed by atoms with van der Waals surface area (Å²) in [5.41, 5.74) is -0.217. The van der Waals surface area contributed by atoms with Crippen molar-refractivity contribution in [2.24, 2.45) is 0 Å². The normalized spacial score (nSPS) is 10.3. The molecular formula is C14H9ClF2O3. The van der Waals surface area contributed by atoms with Gasteiger partial charge in [0.05, 0.1) is 16.1 Å². The molecule has 0 saturated carbocycles. The Balaban J connectivity index is 2.17. The van der Waals surface area contributed by atoms with Crippen LogP contribution in [0.3, 0.4) is 0 Å². The first-order chi connectivity index (χ1) is 9.49. The van der Waals surface area contributed by atoms with Gasteiger partial charge in [-0.1, -0.05) is 17.7 Å². The molecule has 0 spiro atoms. The second kappa shape index (κ2) is 5.88. The van der Waals surface area contributed by atoms with Crippen LogP contribution in [-0.4, -0.2) is 11.1 Å². The number of aromatic carboxylic acids is 1. The molecule has 2 aromatic carbocycles. The maximum atomic E-state index is 13.4. The quantitative estimate of drug-likeness (QED) is 0.931. The number of ether oxygens (including phenoxy) is 1. The van der Waals surface area contributed by atoms with Crippen molar-refractivity contribution < 1.29 is 23.4 Å². The highest BCUT2D eigenvalue weighted by Crippen LogP contribution is 2.27. The summed E-state index contributed by atoms with van der Waals surface area (Å²) in [6.07, 6.45) is 0. The molecule has 0 amide bonds. The lowest BCUT2D eigenvalue weighted by Crippen LogP contribution is -2.03. The number of carboxylic acid groups (broad SMARTS) is 1. The minimum Gasteiger partial charge on any atom is -0.487 e. The Bertz CT molecular complexity index is 639. The van der Waals surface area contributed by atoms with Crippen LogP contribution in [0.1, 0.15) is 15.9 Å². The van der Waals surface area contributed by atoms with Crippen molar-refractivity contribution in [3.8, 4) is 5.75 Å². The summed E-state index contributed by atoms with van der Waals surface area (Å²) in [5, 5.41) is 8.84. The maximum Gasteiger partial charge on any atom is 0.335 e. The third-order valence-corrected chi connectivity index (χ3v) is 2.91. The van der Waals surface area contributed by atoms with Gasteiger partial charge in [0, 0.05) is 0 Å². The number of carbonyl (C=O) groups is 1. The number of carboxylic acids is 1. The lowest BCUT2D eigenvalue weighted by atomic mass is 10.2. The average Bonchev–Trinajstić information content (AvgIpc) is 2.39. The van der Waals surface area contributed by atoms with Crippen LogP contribution in [-0.2, 0) is 6.61 Å². The van der Waals surface area contributed by atoms with E-state index in [1.807, 2.05) is 0 Å². The molecule has 3 nitrogen and oxygen atoms in total. The number of hydrogen-bond donors (Lipinski definition) is 1. The van der Waals surface area contributed by atoms with E-state index in [0.717, 1.165) is 12.1 Å². The Kier molecular flexibility index (Phi) is 4.20. The van der Waals surface area contributed by atoms with Crippen LogP contribution in [0.5, 0.6) is 5.75 Å². The fourth-order valence-electron chi connectivity index (χ4n) is 1.57. The SMILES string of the molecule is O=C(O)c1ccc(OCc2c(F)cccc2F)c(Cl)c1. The average molecular weight is 299 g/mol. The largest absolute Gasteiger partial charge is 0.487 e. The van der Waals surface area contributed by atoms with Crippen molar-refractivity contribution in [2.45, 2.75) is 6.61 Å². The Morgan fingerprint density at radius 3 is 2.40 bits per heavy atom. The zero-order valence-corrected chi connectivity index (χ0v) is 10.8. The van der Waals surface area contributed by atoms with E-state index in [4.69, 9.17) is 21.4 Å². The molecule has 0 atom stereocenters. The van der Waals surface area contributed by atoms with Gasteiger partial charge in [0.2, 0.25) is 0 Å². The number of hydrogen-bond acceptors (Lipinski definition) is 2.